The Morgan fingerprint density at radius 3 is 3.03 bits per heavy atom. The van der Waals surface area contributed by atoms with Crippen LogP contribution in [0.5, 0.6) is 5.88 Å². The van der Waals surface area contributed by atoms with Crippen LogP contribution in [0.3, 0.4) is 0 Å². The topological polar surface area (TPSA) is 119 Å². The number of likely N-dealkylation sites (tertiary alicyclic amines) is 1. The Labute approximate surface area is 171 Å². The van der Waals surface area contributed by atoms with Crippen LogP contribution < -0.4 is 15.4 Å². The third kappa shape index (κ3) is 4.56. The highest BCUT2D eigenvalue weighted by Gasteiger charge is 2.33. The summed E-state index contributed by atoms with van der Waals surface area (Å²) in [5.74, 6) is -1.10. The van der Waals surface area contributed by atoms with Gasteiger partial charge in [-0.25, -0.2) is 8.78 Å². The van der Waals surface area contributed by atoms with Crippen LogP contribution in [0.25, 0.3) is 11.0 Å². The standard InChI is InChI=1S/C19H23F2N7O2/c1-3-15(29)28-6-5-12(20)14(10-28)30-18-16-13(21)9-24-17(16)26-19(27-18)25-11(7-22)8-23-4-2/h3,7-9,12,14,22-23H,1,4-6,10H2,2H3,(H2,24,25,26,27)/b11-8+,22-7?/t12-,14+/m1/s1. The van der Waals surface area contributed by atoms with Gasteiger partial charge in [0.15, 0.2) is 5.82 Å². The van der Waals surface area contributed by atoms with Gasteiger partial charge in [-0.1, -0.05) is 6.58 Å². The minimum atomic E-state index is -1.35. The third-order valence-corrected chi connectivity index (χ3v) is 4.55. The number of fused-ring (bicyclic) bond motifs is 1. The summed E-state index contributed by atoms with van der Waals surface area (Å²) in [4.78, 5) is 24.3. The van der Waals surface area contributed by atoms with E-state index in [4.69, 9.17) is 10.1 Å². The average molecular weight is 419 g/mol. The predicted molar refractivity (Wildman–Crippen MR) is 109 cm³/mol. The zero-order chi connectivity index (χ0) is 21.7. The third-order valence-electron chi connectivity index (χ3n) is 4.55. The molecule has 1 aliphatic rings. The molecular weight excluding hydrogens is 396 g/mol. The number of piperidine rings is 1. The molecule has 4 N–H and O–H groups in total. The Bertz CT molecular complexity index is 975. The molecule has 2 aromatic rings. The molecule has 30 heavy (non-hydrogen) atoms. The summed E-state index contributed by atoms with van der Waals surface area (Å²) >= 11 is 0. The van der Waals surface area contributed by atoms with Crippen molar-refractivity contribution in [3.8, 4) is 5.88 Å². The molecule has 1 amide bonds. The molecule has 0 spiro atoms. The second-order valence-corrected chi connectivity index (χ2v) is 6.59. The number of H-pyrrole nitrogens is 1. The van der Waals surface area contributed by atoms with E-state index in [1.807, 2.05) is 6.92 Å². The maximum absolute atomic E-state index is 14.5. The average Bonchev–Trinajstić information content (AvgIpc) is 3.12. The van der Waals surface area contributed by atoms with Crippen LogP contribution in [-0.4, -0.2) is 63.9 Å². The molecule has 11 heteroatoms. The number of ether oxygens (including phenoxy) is 1. The van der Waals surface area contributed by atoms with Crippen LogP contribution >= 0.6 is 0 Å². The lowest BCUT2D eigenvalue weighted by atomic mass is 10.1. The van der Waals surface area contributed by atoms with Gasteiger partial charge in [-0.05, 0) is 19.4 Å². The van der Waals surface area contributed by atoms with Gasteiger partial charge in [0.05, 0.1) is 12.2 Å². The van der Waals surface area contributed by atoms with Gasteiger partial charge >= 0.3 is 0 Å². The van der Waals surface area contributed by atoms with E-state index in [-0.39, 0.29) is 48.3 Å². The molecule has 1 fully saturated rings. The van der Waals surface area contributed by atoms with E-state index in [0.29, 0.717) is 12.2 Å². The monoisotopic (exact) mass is 419 g/mol. The first-order valence-electron chi connectivity index (χ1n) is 9.44. The van der Waals surface area contributed by atoms with Gasteiger partial charge < -0.3 is 30.7 Å². The first-order valence-corrected chi connectivity index (χ1v) is 9.44. The second kappa shape index (κ2) is 9.33. The number of carbonyl (C=O) groups excluding carboxylic acids is 1. The lowest BCUT2D eigenvalue weighted by molar-refractivity contribution is -0.130. The quantitative estimate of drug-likeness (QED) is 0.384. The smallest absolute Gasteiger partial charge is 0.246 e. The molecule has 0 aromatic carbocycles. The Morgan fingerprint density at radius 2 is 2.33 bits per heavy atom. The van der Waals surface area contributed by atoms with E-state index < -0.39 is 18.1 Å². The molecule has 1 aliphatic heterocycles. The number of hydrogen-bond acceptors (Lipinski definition) is 7. The molecule has 1 saturated heterocycles. The molecular formula is C19H23F2N7O2. The van der Waals surface area contributed by atoms with Crippen LogP contribution in [0, 0.1) is 11.2 Å². The first-order chi connectivity index (χ1) is 14.5. The van der Waals surface area contributed by atoms with E-state index in [2.05, 4.69) is 32.2 Å². The minimum absolute atomic E-state index is 0.0155. The lowest BCUT2D eigenvalue weighted by Gasteiger charge is -2.34. The van der Waals surface area contributed by atoms with Crippen LogP contribution in [0.4, 0.5) is 14.7 Å². The van der Waals surface area contributed by atoms with Crippen molar-refractivity contribution in [3.05, 3.63) is 36.6 Å². The molecule has 9 nitrogen and oxygen atoms in total. The van der Waals surface area contributed by atoms with E-state index >= 15 is 0 Å². The number of aromatic amines is 1. The number of halogens is 2. The van der Waals surface area contributed by atoms with Gasteiger partial charge in [0.25, 0.3) is 0 Å². The normalized spacial score (nSPS) is 19.4. The zero-order valence-electron chi connectivity index (χ0n) is 16.4. The molecule has 0 bridgehead atoms. The number of alkyl halides is 1. The van der Waals surface area contributed by atoms with Gasteiger partial charge in [-0.3, -0.25) is 4.79 Å². The highest BCUT2D eigenvalue weighted by Crippen LogP contribution is 2.29. The van der Waals surface area contributed by atoms with E-state index in [1.54, 1.807) is 6.20 Å². The van der Waals surface area contributed by atoms with Crippen molar-refractivity contribution < 1.29 is 18.3 Å². The van der Waals surface area contributed by atoms with Crippen LogP contribution in [0.15, 0.2) is 30.7 Å². The SMILES string of the molecule is C=CC(=O)N1CC[C@@H](F)[C@@H](Oc2nc(N/C(C=N)=C/NCC)nc3[nH]cc(F)c23)C1. The van der Waals surface area contributed by atoms with Crippen molar-refractivity contribution in [1.29, 1.82) is 5.41 Å². The largest absolute Gasteiger partial charge is 0.469 e. The number of aromatic nitrogens is 3. The summed E-state index contributed by atoms with van der Waals surface area (Å²) in [5, 5.41) is 13.2. The molecule has 2 aromatic heterocycles. The summed E-state index contributed by atoms with van der Waals surface area (Å²) in [6.07, 6.45) is 2.58. The van der Waals surface area contributed by atoms with Gasteiger partial charge in [0.1, 0.15) is 23.3 Å². The van der Waals surface area contributed by atoms with Gasteiger partial charge in [-0.2, -0.15) is 9.97 Å². The fourth-order valence-electron chi connectivity index (χ4n) is 3.03. The highest BCUT2D eigenvalue weighted by molar-refractivity contribution is 5.87. The Balaban J connectivity index is 1.91. The number of allylic oxidation sites excluding steroid dienone is 1. The van der Waals surface area contributed by atoms with Gasteiger partial charge in [0, 0.05) is 31.7 Å². The number of amides is 1. The van der Waals surface area contributed by atoms with Gasteiger partial charge in [-0.15, -0.1) is 0 Å². The van der Waals surface area contributed by atoms with E-state index in [9.17, 15) is 13.6 Å². The van der Waals surface area contributed by atoms with Crippen LogP contribution in [0.1, 0.15) is 13.3 Å². The molecule has 3 rings (SSSR count). The van der Waals surface area contributed by atoms with Crippen molar-refractivity contribution in [1.82, 2.24) is 25.2 Å². The molecule has 0 unspecified atom stereocenters. The predicted octanol–water partition coefficient (Wildman–Crippen LogP) is 2.11. The molecule has 3 heterocycles. The molecule has 0 radical (unpaired) electrons. The Hall–Kier alpha value is -3.50. The van der Waals surface area contributed by atoms with E-state index in [0.717, 1.165) is 18.5 Å². The summed E-state index contributed by atoms with van der Waals surface area (Å²) in [5.41, 5.74) is 0.510. The number of anilines is 1. The maximum atomic E-state index is 14.5. The minimum Gasteiger partial charge on any atom is -0.469 e. The lowest BCUT2D eigenvalue weighted by Crippen LogP contribution is -2.49. The number of rotatable bonds is 8. The molecule has 0 saturated carbocycles. The summed E-state index contributed by atoms with van der Waals surface area (Å²) in [6, 6.07) is 0. The summed E-state index contributed by atoms with van der Waals surface area (Å²) < 4.78 is 34.5. The van der Waals surface area contributed by atoms with Crippen molar-refractivity contribution in [2.75, 3.05) is 25.0 Å². The highest BCUT2D eigenvalue weighted by atomic mass is 19.1. The van der Waals surface area contributed by atoms with Crippen molar-refractivity contribution in [2.24, 2.45) is 0 Å². The fraction of sp³-hybridized carbons (Fsp3) is 0.368. The second-order valence-electron chi connectivity index (χ2n) is 6.59. The van der Waals surface area contributed by atoms with Gasteiger partial charge in [0.2, 0.25) is 17.7 Å². The first kappa shape index (κ1) is 21.2. The Morgan fingerprint density at radius 1 is 1.53 bits per heavy atom. The number of nitrogens with one attached hydrogen (secondary N) is 4. The van der Waals surface area contributed by atoms with Crippen molar-refractivity contribution in [3.63, 3.8) is 0 Å². The summed E-state index contributed by atoms with van der Waals surface area (Å²) in [7, 11) is 0. The zero-order valence-corrected chi connectivity index (χ0v) is 16.4. The number of carbonyl (C=O) groups is 1. The maximum Gasteiger partial charge on any atom is 0.246 e. The summed E-state index contributed by atoms with van der Waals surface area (Å²) in [6.45, 7) is 6.21. The van der Waals surface area contributed by atoms with Crippen LogP contribution in [-0.2, 0) is 4.79 Å². The number of nitrogens with zero attached hydrogens (tertiary/aromatic N) is 3. The van der Waals surface area contributed by atoms with Crippen molar-refractivity contribution >= 4 is 29.1 Å². The van der Waals surface area contributed by atoms with Crippen molar-refractivity contribution in [2.45, 2.75) is 25.6 Å². The number of hydrogen-bond donors (Lipinski definition) is 4. The molecule has 2 atom stereocenters. The van der Waals surface area contributed by atoms with E-state index in [1.165, 1.54) is 4.90 Å². The van der Waals surface area contributed by atoms with Crippen LogP contribution in [0.2, 0.25) is 0 Å². The molecule has 160 valence electrons. The molecule has 0 aliphatic carbocycles. The fourth-order valence-corrected chi connectivity index (χ4v) is 3.03. The Kier molecular flexibility index (Phi) is 6.60.